The predicted octanol–water partition coefficient (Wildman–Crippen LogP) is 3.98. The molecule has 2 aliphatic rings. The summed E-state index contributed by atoms with van der Waals surface area (Å²) >= 11 is 1.48. The molecule has 0 aromatic heterocycles. The number of non-ortho nitro benzene ring substituents is 1. The lowest BCUT2D eigenvalue weighted by Crippen LogP contribution is -2.48. The molecule has 132 valence electrons. The van der Waals surface area contributed by atoms with Crippen LogP contribution >= 0.6 is 11.8 Å². The number of nitrogens with zero attached hydrogens (tertiary/aromatic N) is 2. The van der Waals surface area contributed by atoms with E-state index in [1.165, 1.54) is 17.8 Å². The number of ether oxygens (including phenoxy) is 1. The fourth-order valence-corrected chi connectivity index (χ4v) is 4.63. The van der Waals surface area contributed by atoms with Crippen molar-refractivity contribution in [1.82, 2.24) is 0 Å². The molecule has 0 amide bonds. The number of carboxylic acid groups (broad SMARTS) is 1. The van der Waals surface area contributed by atoms with Gasteiger partial charge in [-0.15, -0.1) is 0 Å². The van der Waals surface area contributed by atoms with Crippen LogP contribution in [0.3, 0.4) is 0 Å². The van der Waals surface area contributed by atoms with Crippen molar-refractivity contribution in [2.75, 3.05) is 11.9 Å². The second kappa shape index (κ2) is 5.50. The van der Waals surface area contributed by atoms with E-state index >= 15 is 0 Å². The van der Waals surface area contributed by atoms with E-state index in [2.05, 4.69) is 0 Å². The van der Waals surface area contributed by atoms with Crippen LogP contribution in [0.5, 0.6) is 5.75 Å². The summed E-state index contributed by atoms with van der Waals surface area (Å²) < 4.78 is 6.23. The van der Waals surface area contributed by atoms with Gasteiger partial charge in [-0.3, -0.25) is 10.1 Å². The largest absolute Gasteiger partial charge is 0.478 e. The Hall–Kier alpha value is -3.00. The SMILES string of the molecule is CC1=Cc2cc([N+](=O)[O-])cc(C(=O)O)c2OC12Sc1ccccc1N2C. The van der Waals surface area contributed by atoms with Gasteiger partial charge in [0.25, 0.3) is 10.7 Å². The Labute approximate surface area is 153 Å². The Bertz CT molecular complexity index is 1000. The highest BCUT2D eigenvalue weighted by Gasteiger charge is 2.49. The van der Waals surface area contributed by atoms with E-state index in [4.69, 9.17) is 4.74 Å². The number of likely N-dealkylation sites (N-methyl/N-ethyl adjacent to an activating group) is 1. The number of thioether (sulfide) groups is 1. The third kappa shape index (κ3) is 2.19. The number of rotatable bonds is 2. The molecule has 4 rings (SSSR count). The molecule has 0 saturated carbocycles. The molecule has 2 aromatic rings. The molecule has 0 bridgehead atoms. The molecule has 0 saturated heterocycles. The molecule has 7 nitrogen and oxygen atoms in total. The summed E-state index contributed by atoms with van der Waals surface area (Å²) in [6.45, 7) is 1.87. The molecule has 1 atom stereocenters. The van der Waals surface area contributed by atoms with Gasteiger partial charge in [0, 0.05) is 35.2 Å². The highest BCUT2D eigenvalue weighted by molar-refractivity contribution is 8.01. The Balaban J connectivity index is 1.89. The maximum Gasteiger partial charge on any atom is 0.339 e. The normalized spacial score (nSPS) is 20.2. The van der Waals surface area contributed by atoms with Crippen LogP contribution in [0.15, 0.2) is 46.9 Å². The van der Waals surface area contributed by atoms with E-state index in [1.807, 2.05) is 43.1 Å². The number of hydrogen-bond acceptors (Lipinski definition) is 6. The maximum absolute atomic E-state index is 11.7. The number of nitro groups is 1. The van der Waals surface area contributed by atoms with E-state index in [0.717, 1.165) is 22.2 Å². The van der Waals surface area contributed by atoms with Crippen LogP contribution in [-0.4, -0.2) is 28.1 Å². The third-order valence-electron chi connectivity index (χ3n) is 4.57. The maximum atomic E-state index is 11.7. The van der Waals surface area contributed by atoms with Crippen molar-refractivity contribution in [3.63, 3.8) is 0 Å². The summed E-state index contributed by atoms with van der Waals surface area (Å²) in [7, 11) is 1.88. The van der Waals surface area contributed by atoms with Crippen molar-refractivity contribution in [2.45, 2.75) is 16.9 Å². The number of fused-ring (bicyclic) bond motifs is 2. The van der Waals surface area contributed by atoms with Crippen LogP contribution in [0.25, 0.3) is 6.08 Å². The van der Waals surface area contributed by atoms with Crippen LogP contribution in [0, 0.1) is 10.1 Å². The second-order valence-corrected chi connectivity index (χ2v) is 7.31. The first-order chi connectivity index (χ1) is 12.3. The summed E-state index contributed by atoms with van der Waals surface area (Å²) in [5.41, 5.74) is 1.70. The lowest BCUT2D eigenvalue weighted by atomic mass is 10.0. The lowest BCUT2D eigenvalue weighted by Gasteiger charge is -2.40. The van der Waals surface area contributed by atoms with Gasteiger partial charge in [0.1, 0.15) is 11.3 Å². The second-order valence-electron chi connectivity index (χ2n) is 6.11. The van der Waals surface area contributed by atoms with Crippen molar-refractivity contribution in [3.8, 4) is 5.75 Å². The molecule has 0 radical (unpaired) electrons. The van der Waals surface area contributed by atoms with Crippen LogP contribution in [0.2, 0.25) is 0 Å². The molecule has 26 heavy (non-hydrogen) atoms. The van der Waals surface area contributed by atoms with Gasteiger partial charge in [-0.05, 0) is 36.9 Å². The van der Waals surface area contributed by atoms with Crippen molar-refractivity contribution in [1.29, 1.82) is 0 Å². The number of nitro benzene ring substituents is 1. The summed E-state index contributed by atoms with van der Waals surface area (Å²) in [6, 6.07) is 10.2. The number of benzene rings is 2. The zero-order valence-electron chi connectivity index (χ0n) is 13.9. The van der Waals surface area contributed by atoms with Crippen molar-refractivity contribution < 1.29 is 19.6 Å². The van der Waals surface area contributed by atoms with Gasteiger partial charge in [-0.2, -0.15) is 0 Å². The average Bonchev–Trinajstić information content (AvgIpc) is 2.88. The lowest BCUT2D eigenvalue weighted by molar-refractivity contribution is -0.384. The van der Waals surface area contributed by atoms with Crippen molar-refractivity contribution in [2.24, 2.45) is 0 Å². The minimum Gasteiger partial charge on any atom is -0.478 e. The summed E-state index contributed by atoms with van der Waals surface area (Å²) in [5, 5.41) is 19.8. The third-order valence-corrected chi connectivity index (χ3v) is 6.09. The van der Waals surface area contributed by atoms with E-state index in [9.17, 15) is 20.0 Å². The molecule has 8 heteroatoms. The molecule has 2 aromatic carbocycles. The van der Waals surface area contributed by atoms with Gasteiger partial charge in [-0.25, -0.2) is 4.79 Å². The van der Waals surface area contributed by atoms with Crippen LogP contribution in [0.1, 0.15) is 22.8 Å². The van der Waals surface area contributed by atoms with Gasteiger partial charge < -0.3 is 14.7 Å². The number of carbonyl (C=O) groups is 1. The highest BCUT2D eigenvalue weighted by Crippen LogP contribution is 2.56. The van der Waals surface area contributed by atoms with Crippen molar-refractivity contribution >= 4 is 35.2 Å². The molecule has 0 aliphatic carbocycles. The fraction of sp³-hybridized carbons (Fsp3) is 0.167. The molecular weight excluding hydrogens is 356 g/mol. The molecule has 2 aliphatic heterocycles. The molecule has 0 fully saturated rings. The molecule has 1 N–H and O–H groups in total. The average molecular weight is 370 g/mol. The quantitative estimate of drug-likeness (QED) is 0.631. The molecule has 1 unspecified atom stereocenters. The smallest absolute Gasteiger partial charge is 0.339 e. The number of carboxylic acids is 1. The highest BCUT2D eigenvalue weighted by atomic mass is 32.2. The van der Waals surface area contributed by atoms with Crippen molar-refractivity contribution in [3.05, 3.63) is 63.2 Å². The van der Waals surface area contributed by atoms with Gasteiger partial charge in [-0.1, -0.05) is 12.1 Å². The summed E-state index contributed by atoms with van der Waals surface area (Å²) in [6.07, 6.45) is 1.76. The Morgan fingerprint density at radius 3 is 2.73 bits per heavy atom. The first-order valence-corrected chi connectivity index (χ1v) is 8.60. The fourth-order valence-electron chi connectivity index (χ4n) is 3.30. The minimum atomic E-state index is -1.27. The first kappa shape index (κ1) is 16.5. The number of aromatic carboxylic acids is 1. The number of anilines is 1. The van der Waals surface area contributed by atoms with E-state index < -0.39 is 15.9 Å². The summed E-state index contributed by atoms with van der Waals surface area (Å²) in [4.78, 5) is 25.2. The standard InChI is InChI=1S/C18H14N2O5S/c1-10-7-11-8-12(20(23)24)9-13(17(21)22)16(11)25-18(10)19(2)14-5-3-4-6-15(14)26-18/h3-9H,1-2H3,(H,21,22). The van der Waals surface area contributed by atoms with Gasteiger partial charge >= 0.3 is 5.97 Å². The topological polar surface area (TPSA) is 92.9 Å². The van der Waals surface area contributed by atoms with E-state index in [1.54, 1.807) is 6.08 Å². The molecular formula is C18H14N2O5S. The van der Waals surface area contributed by atoms with Gasteiger partial charge in [0.2, 0.25) is 0 Å². The predicted molar refractivity (Wildman–Crippen MR) is 97.8 cm³/mol. The monoisotopic (exact) mass is 370 g/mol. The van der Waals surface area contributed by atoms with Crippen LogP contribution in [-0.2, 0) is 0 Å². The molecule has 1 spiro atoms. The van der Waals surface area contributed by atoms with Crippen LogP contribution in [0.4, 0.5) is 11.4 Å². The Morgan fingerprint density at radius 1 is 1.35 bits per heavy atom. The molecule has 2 heterocycles. The number of para-hydroxylation sites is 1. The summed E-state index contributed by atoms with van der Waals surface area (Å²) in [5.74, 6) is -1.13. The van der Waals surface area contributed by atoms with Crippen LogP contribution < -0.4 is 9.64 Å². The zero-order valence-corrected chi connectivity index (χ0v) is 14.7. The van der Waals surface area contributed by atoms with Gasteiger partial charge in [0.15, 0.2) is 0 Å². The Morgan fingerprint density at radius 2 is 2.08 bits per heavy atom. The zero-order chi connectivity index (χ0) is 18.6. The van der Waals surface area contributed by atoms with E-state index in [0.29, 0.717) is 5.56 Å². The first-order valence-electron chi connectivity index (χ1n) is 7.79. The minimum absolute atomic E-state index is 0.140. The van der Waals surface area contributed by atoms with E-state index in [-0.39, 0.29) is 17.0 Å². The van der Waals surface area contributed by atoms with Gasteiger partial charge in [0.05, 0.1) is 10.6 Å². The number of hydrogen-bond donors (Lipinski definition) is 1. The Kier molecular flexibility index (Phi) is 3.48.